The van der Waals surface area contributed by atoms with Crippen molar-refractivity contribution in [2.75, 3.05) is 18.4 Å². The third-order valence-electron chi connectivity index (χ3n) is 5.72. The second-order valence-corrected chi connectivity index (χ2v) is 8.29. The molecule has 2 aromatic carbocycles. The van der Waals surface area contributed by atoms with E-state index in [9.17, 15) is 9.18 Å². The van der Waals surface area contributed by atoms with Crippen LogP contribution in [0.25, 0.3) is 0 Å². The number of carbonyl (C=O) groups is 1. The van der Waals surface area contributed by atoms with Crippen LogP contribution in [0.4, 0.5) is 10.1 Å². The fourth-order valence-corrected chi connectivity index (χ4v) is 3.79. The molecule has 3 N–H and O–H groups in total. The van der Waals surface area contributed by atoms with Crippen molar-refractivity contribution in [1.29, 1.82) is 0 Å². The number of halogens is 1. The summed E-state index contributed by atoms with van der Waals surface area (Å²) in [4.78, 5) is 16.9. The first-order chi connectivity index (χ1) is 16.1. The number of rotatable bonds is 9. The van der Waals surface area contributed by atoms with Crippen molar-refractivity contribution in [3.05, 3.63) is 83.9 Å². The van der Waals surface area contributed by atoms with E-state index >= 15 is 0 Å². The molecular formula is C25H29FN6O. The van der Waals surface area contributed by atoms with Gasteiger partial charge >= 0.3 is 0 Å². The third-order valence-corrected chi connectivity index (χ3v) is 5.72. The van der Waals surface area contributed by atoms with Crippen LogP contribution in [0, 0.1) is 5.82 Å². The molecule has 0 radical (unpaired) electrons. The molecule has 3 aromatic rings. The quantitative estimate of drug-likeness (QED) is 0.346. The fourth-order valence-electron chi connectivity index (χ4n) is 3.79. The van der Waals surface area contributed by atoms with E-state index < -0.39 is 0 Å². The Kier molecular flexibility index (Phi) is 7.02. The molecule has 1 aromatic heterocycles. The van der Waals surface area contributed by atoms with Gasteiger partial charge in [0.2, 0.25) is 5.91 Å². The van der Waals surface area contributed by atoms with Crippen LogP contribution in [0.15, 0.2) is 72.0 Å². The number of aliphatic imine (C=N–C) groups is 1. The Morgan fingerprint density at radius 2 is 2.00 bits per heavy atom. The molecule has 172 valence electrons. The predicted octanol–water partition coefficient (Wildman–Crippen LogP) is 3.45. The average Bonchev–Trinajstić information content (AvgIpc) is 3.43. The number of guanidine groups is 1. The van der Waals surface area contributed by atoms with Crippen LogP contribution in [-0.4, -0.2) is 34.7 Å². The van der Waals surface area contributed by atoms with Gasteiger partial charge < -0.3 is 16.0 Å². The number of nitrogens with zero attached hydrogens (tertiary/aromatic N) is 3. The van der Waals surface area contributed by atoms with Crippen molar-refractivity contribution >= 4 is 17.6 Å². The number of aromatic nitrogens is 2. The number of benzene rings is 2. The number of anilines is 1. The highest BCUT2D eigenvalue weighted by Gasteiger charge is 2.44. The molecule has 1 aliphatic carbocycles. The summed E-state index contributed by atoms with van der Waals surface area (Å²) >= 11 is 0. The number of amides is 1. The maximum atomic E-state index is 13.7. The minimum Gasteiger partial charge on any atom is -0.357 e. The minimum atomic E-state index is -0.198. The Bertz CT molecular complexity index is 1110. The molecule has 1 fully saturated rings. The topological polar surface area (TPSA) is 83.3 Å². The fraction of sp³-hybridized carbons (Fsp3) is 0.320. The average molecular weight is 449 g/mol. The molecule has 1 aliphatic rings. The molecule has 0 atom stereocenters. The van der Waals surface area contributed by atoms with Crippen molar-refractivity contribution in [3.63, 3.8) is 0 Å². The highest BCUT2D eigenvalue weighted by molar-refractivity contribution is 5.90. The summed E-state index contributed by atoms with van der Waals surface area (Å²) in [6.07, 6.45) is 5.46. The van der Waals surface area contributed by atoms with Crippen LogP contribution in [0.3, 0.4) is 0 Å². The highest BCUT2D eigenvalue weighted by atomic mass is 19.1. The lowest BCUT2D eigenvalue weighted by atomic mass is 9.96. The van der Waals surface area contributed by atoms with Gasteiger partial charge in [0.1, 0.15) is 12.4 Å². The van der Waals surface area contributed by atoms with Gasteiger partial charge in [-0.05, 0) is 61.2 Å². The van der Waals surface area contributed by atoms with E-state index in [0.717, 1.165) is 36.2 Å². The largest absolute Gasteiger partial charge is 0.357 e. The first kappa shape index (κ1) is 22.5. The van der Waals surface area contributed by atoms with Gasteiger partial charge in [-0.2, -0.15) is 5.10 Å². The molecule has 1 saturated carbocycles. The van der Waals surface area contributed by atoms with Crippen LogP contribution in [0.5, 0.6) is 0 Å². The summed E-state index contributed by atoms with van der Waals surface area (Å²) < 4.78 is 15.2. The standard InChI is InChI=1S/C25H29FN6O/c1-2-27-24(29-18-25(10-11-25)20-7-4-8-21(26)15-20)28-16-19-6-3-9-22(14-19)31-23(33)17-32-13-5-12-30-32/h3-9,12-15H,2,10-11,16-18H2,1H3,(H,31,33)(H2,27,28,29). The van der Waals surface area contributed by atoms with E-state index in [1.165, 1.54) is 6.07 Å². The van der Waals surface area contributed by atoms with Gasteiger partial charge in [-0.25, -0.2) is 9.38 Å². The van der Waals surface area contributed by atoms with Gasteiger partial charge in [0.25, 0.3) is 0 Å². The maximum Gasteiger partial charge on any atom is 0.246 e. The SMILES string of the molecule is CCNC(=NCc1cccc(NC(=O)Cn2cccn2)c1)NCC1(c2cccc(F)c2)CC1. The lowest BCUT2D eigenvalue weighted by molar-refractivity contribution is -0.116. The van der Waals surface area contributed by atoms with Crippen molar-refractivity contribution < 1.29 is 9.18 Å². The molecular weight excluding hydrogens is 419 g/mol. The molecule has 4 rings (SSSR count). The lowest BCUT2D eigenvalue weighted by Gasteiger charge is -2.19. The molecule has 0 spiro atoms. The predicted molar refractivity (Wildman–Crippen MR) is 127 cm³/mol. The maximum absolute atomic E-state index is 13.7. The van der Waals surface area contributed by atoms with Crippen LogP contribution >= 0.6 is 0 Å². The van der Waals surface area contributed by atoms with Crippen molar-refractivity contribution in [1.82, 2.24) is 20.4 Å². The van der Waals surface area contributed by atoms with Crippen molar-refractivity contribution in [3.8, 4) is 0 Å². The number of carbonyl (C=O) groups excluding carboxylic acids is 1. The monoisotopic (exact) mass is 448 g/mol. The molecule has 0 aliphatic heterocycles. The Hall–Kier alpha value is -3.68. The summed E-state index contributed by atoms with van der Waals surface area (Å²) in [6, 6.07) is 16.3. The highest BCUT2D eigenvalue weighted by Crippen LogP contribution is 2.47. The Morgan fingerprint density at radius 1 is 1.15 bits per heavy atom. The molecule has 7 nitrogen and oxygen atoms in total. The van der Waals surface area contributed by atoms with Crippen LogP contribution in [0.1, 0.15) is 30.9 Å². The smallest absolute Gasteiger partial charge is 0.246 e. The first-order valence-electron chi connectivity index (χ1n) is 11.2. The molecule has 33 heavy (non-hydrogen) atoms. The van der Waals surface area contributed by atoms with E-state index in [-0.39, 0.29) is 23.7 Å². The Balaban J connectivity index is 1.35. The summed E-state index contributed by atoms with van der Waals surface area (Å²) in [7, 11) is 0. The van der Waals surface area contributed by atoms with Crippen LogP contribution in [0.2, 0.25) is 0 Å². The van der Waals surface area contributed by atoms with Crippen LogP contribution in [-0.2, 0) is 23.3 Å². The zero-order valence-corrected chi connectivity index (χ0v) is 18.7. The van der Waals surface area contributed by atoms with E-state index in [0.29, 0.717) is 19.0 Å². The van der Waals surface area contributed by atoms with Crippen LogP contribution < -0.4 is 16.0 Å². The molecule has 0 unspecified atom stereocenters. The van der Waals surface area contributed by atoms with Gasteiger partial charge in [0.05, 0.1) is 6.54 Å². The van der Waals surface area contributed by atoms with Crippen molar-refractivity contribution in [2.45, 2.75) is 38.3 Å². The molecule has 1 heterocycles. The van der Waals surface area contributed by atoms with Gasteiger partial charge in [-0.1, -0.05) is 24.3 Å². The zero-order chi connectivity index (χ0) is 23.1. The normalized spacial score (nSPS) is 14.5. The van der Waals surface area contributed by atoms with Crippen molar-refractivity contribution in [2.24, 2.45) is 4.99 Å². The first-order valence-corrected chi connectivity index (χ1v) is 11.2. The van der Waals surface area contributed by atoms with Gasteiger partial charge in [-0.15, -0.1) is 0 Å². The zero-order valence-electron chi connectivity index (χ0n) is 18.7. The molecule has 0 saturated heterocycles. The third kappa shape index (κ3) is 6.19. The molecule has 0 bridgehead atoms. The number of nitrogens with one attached hydrogen (secondary N) is 3. The summed E-state index contributed by atoms with van der Waals surface area (Å²) in [5.41, 5.74) is 2.71. The summed E-state index contributed by atoms with van der Waals surface area (Å²) in [5, 5.41) is 13.6. The summed E-state index contributed by atoms with van der Waals surface area (Å²) in [6.45, 7) is 4.09. The molecule has 1 amide bonds. The number of hydrogen-bond acceptors (Lipinski definition) is 3. The summed E-state index contributed by atoms with van der Waals surface area (Å²) in [5.74, 6) is 0.380. The minimum absolute atomic E-state index is 0.0307. The van der Waals surface area contributed by atoms with Gasteiger partial charge in [0, 0.05) is 36.6 Å². The van der Waals surface area contributed by atoms with E-state index in [4.69, 9.17) is 4.99 Å². The number of hydrogen-bond donors (Lipinski definition) is 3. The Morgan fingerprint density at radius 3 is 2.73 bits per heavy atom. The van der Waals surface area contributed by atoms with Gasteiger partial charge in [0.15, 0.2) is 5.96 Å². The lowest BCUT2D eigenvalue weighted by Crippen LogP contribution is -2.41. The van der Waals surface area contributed by atoms with E-state index in [2.05, 4.69) is 21.0 Å². The second kappa shape index (κ2) is 10.3. The Labute approximate surface area is 193 Å². The molecule has 8 heteroatoms. The second-order valence-electron chi connectivity index (χ2n) is 8.29. The van der Waals surface area contributed by atoms with Gasteiger partial charge in [-0.3, -0.25) is 9.48 Å². The van der Waals surface area contributed by atoms with E-state index in [1.54, 1.807) is 35.3 Å². The van der Waals surface area contributed by atoms with E-state index in [1.807, 2.05) is 37.3 Å².